The van der Waals surface area contributed by atoms with Gasteiger partial charge in [0.05, 0.1) is 12.0 Å². The zero-order valence-electron chi connectivity index (χ0n) is 6.12. The molecule has 0 radical (unpaired) electrons. The molecule has 0 atom stereocenters. The largest absolute Gasteiger partial charge is 0.470 e. The summed E-state index contributed by atoms with van der Waals surface area (Å²) in [5.74, 6) is 0.200. The van der Waals surface area contributed by atoms with Gasteiger partial charge in [0, 0.05) is 19.0 Å². The maximum atomic E-state index is 11.2. The minimum atomic E-state index is 0.200. The molecule has 0 aliphatic carbocycles. The predicted molar refractivity (Wildman–Crippen MR) is 40.3 cm³/mol. The van der Waals surface area contributed by atoms with Gasteiger partial charge in [0.2, 0.25) is 5.91 Å². The number of hydrogen-bond donors (Lipinski definition) is 0. The van der Waals surface area contributed by atoms with Crippen molar-refractivity contribution < 1.29 is 9.21 Å². The number of hydrogen-bond acceptors (Lipinski definition) is 2. The first kappa shape index (κ1) is 6.46. The van der Waals surface area contributed by atoms with Crippen LogP contribution in [0.25, 0.3) is 0 Å². The molecule has 0 saturated carbocycles. The summed E-state index contributed by atoms with van der Waals surface area (Å²) in [5, 5.41) is 0. The topological polar surface area (TPSA) is 33.5 Å². The lowest BCUT2D eigenvalue weighted by Crippen LogP contribution is -2.22. The van der Waals surface area contributed by atoms with Crippen LogP contribution >= 0.6 is 0 Å². The fraction of sp³-hybridized carbons (Fsp3) is 0.375. The number of anilines is 1. The molecule has 1 aliphatic rings. The Morgan fingerprint density at radius 1 is 1.55 bits per heavy atom. The van der Waals surface area contributed by atoms with Crippen LogP contribution in [0.5, 0.6) is 0 Å². The molecular weight excluding hydrogens is 142 g/mol. The summed E-state index contributed by atoms with van der Waals surface area (Å²) >= 11 is 0. The van der Waals surface area contributed by atoms with Crippen LogP contribution in [-0.2, 0) is 4.79 Å². The van der Waals surface area contributed by atoms with Crippen LogP contribution in [0.3, 0.4) is 0 Å². The molecule has 1 saturated heterocycles. The van der Waals surface area contributed by atoms with Crippen LogP contribution in [0.4, 0.5) is 5.69 Å². The molecule has 58 valence electrons. The Bertz CT molecular complexity index is 253. The highest BCUT2D eigenvalue weighted by atomic mass is 16.3. The molecular formula is C8H9NO2. The number of carbonyl (C=O) groups excluding carboxylic acids is 1. The van der Waals surface area contributed by atoms with E-state index in [1.807, 2.05) is 6.07 Å². The third-order valence-electron chi connectivity index (χ3n) is 1.89. The second-order valence-electron chi connectivity index (χ2n) is 2.63. The van der Waals surface area contributed by atoms with E-state index in [-0.39, 0.29) is 5.91 Å². The number of rotatable bonds is 1. The van der Waals surface area contributed by atoms with Gasteiger partial charge in [-0.3, -0.25) is 4.79 Å². The van der Waals surface area contributed by atoms with Crippen LogP contribution in [0.1, 0.15) is 12.8 Å². The van der Waals surface area contributed by atoms with Gasteiger partial charge in [-0.15, -0.1) is 0 Å². The molecule has 0 N–H and O–H groups in total. The van der Waals surface area contributed by atoms with Crippen LogP contribution in [0.2, 0.25) is 0 Å². The van der Waals surface area contributed by atoms with E-state index in [0.29, 0.717) is 6.42 Å². The Morgan fingerprint density at radius 3 is 3.00 bits per heavy atom. The summed E-state index contributed by atoms with van der Waals surface area (Å²) in [6.07, 6.45) is 4.82. The van der Waals surface area contributed by atoms with Crippen molar-refractivity contribution in [3.05, 3.63) is 18.6 Å². The van der Waals surface area contributed by atoms with Crippen LogP contribution in [0.15, 0.2) is 23.0 Å². The predicted octanol–water partition coefficient (Wildman–Crippen LogP) is 1.41. The molecule has 1 aromatic rings. The number of amides is 1. The van der Waals surface area contributed by atoms with E-state index in [1.165, 1.54) is 0 Å². The molecule has 1 amide bonds. The molecule has 3 nitrogen and oxygen atoms in total. The Labute approximate surface area is 64.6 Å². The molecule has 1 fully saturated rings. The van der Waals surface area contributed by atoms with Gasteiger partial charge in [0.15, 0.2) is 0 Å². The zero-order valence-corrected chi connectivity index (χ0v) is 6.12. The van der Waals surface area contributed by atoms with Crippen LogP contribution in [-0.4, -0.2) is 12.5 Å². The Hall–Kier alpha value is -1.25. The smallest absolute Gasteiger partial charge is 0.227 e. The van der Waals surface area contributed by atoms with Gasteiger partial charge < -0.3 is 9.32 Å². The summed E-state index contributed by atoms with van der Waals surface area (Å²) in [5.41, 5.74) is 0.882. The van der Waals surface area contributed by atoms with Crippen molar-refractivity contribution in [2.75, 3.05) is 11.4 Å². The lowest BCUT2D eigenvalue weighted by molar-refractivity contribution is -0.117. The fourth-order valence-corrected chi connectivity index (χ4v) is 1.33. The van der Waals surface area contributed by atoms with Crippen molar-refractivity contribution in [1.82, 2.24) is 0 Å². The summed E-state index contributed by atoms with van der Waals surface area (Å²) in [6, 6.07) is 1.81. The van der Waals surface area contributed by atoms with E-state index in [1.54, 1.807) is 17.4 Å². The third-order valence-corrected chi connectivity index (χ3v) is 1.89. The van der Waals surface area contributed by atoms with E-state index in [2.05, 4.69) is 0 Å². The monoisotopic (exact) mass is 151 g/mol. The quantitative estimate of drug-likeness (QED) is 0.608. The first-order chi connectivity index (χ1) is 5.38. The van der Waals surface area contributed by atoms with Gasteiger partial charge in [-0.1, -0.05) is 0 Å². The lowest BCUT2D eigenvalue weighted by Gasteiger charge is -2.11. The van der Waals surface area contributed by atoms with Gasteiger partial charge in [-0.2, -0.15) is 0 Å². The summed E-state index contributed by atoms with van der Waals surface area (Å²) in [6.45, 7) is 0.832. The standard InChI is InChI=1S/C8H9NO2/c10-8-2-1-4-9(8)7-3-5-11-6-7/h3,5-6H,1-2,4H2. The highest BCUT2D eigenvalue weighted by Gasteiger charge is 2.21. The Morgan fingerprint density at radius 2 is 2.45 bits per heavy atom. The minimum absolute atomic E-state index is 0.200. The average Bonchev–Trinajstić information content (AvgIpc) is 2.55. The number of furan rings is 1. The highest BCUT2D eigenvalue weighted by molar-refractivity contribution is 5.95. The second-order valence-corrected chi connectivity index (χ2v) is 2.63. The molecule has 0 unspecified atom stereocenters. The van der Waals surface area contributed by atoms with Gasteiger partial charge in [0.1, 0.15) is 6.26 Å². The van der Waals surface area contributed by atoms with Gasteiger partial charge in [-0.25, -0.2) is 0 Å². The molecule has 11 heavy (non-hydrogen) atoms. The van der Waals surface area contributed by atoms with Gasteiger partial charge in [-0.05, 0) is 6.42 Å². The average molecular weight is 151 g/mol. The van der Waals surface area contributed by atoms with Crippen LogP contribution < -0.4 is 4.90 Å². The van der Waals surface area contributed by atoms with E-state index in [4.69, 9.17) is 4.42 Å². The second kappa shape index (κ2) is 2.42. The highest BCUT2D eigenvalue weighted by Crippen LogP contribution is 2.20. The molecule has 1 aliphatic heterocycles. The molecule has 2 heterocycles. The first-order valence-corrected chi connectivity index (χ1v) is 3.70. The molecule has 0 spiro atoms. The molecule has 0 aromatic carbocycles. The first-order valence-electron chi connectivity index (χ1n) is 3.70. The fourth-order valence-electron chi connectivity index (χ4n) is 1.33. The molecule has 3 heteroatoms. The van der Waals surface area contributed by atoms with Gasteiger partial charge in [0.25, 0.3) is 0 Å². The van der Waals surface area contributed by atoms with E-state index in [0.717, 1.165) is 18.7 Å². The maximum absolute atomic E-state index is 11.2. The Balaban J connectivity index is 2.23. The normalized spacial score (nSPS) is 17.8. The molecule has 0 bridgehead atoms. The van der Waals surface area contributed by atoms with Crippen molar-refractivity contribution in [1.29, 1.82) is 0 Å². The number of carbonyl (C=O) groups is 1. The van der Waals surface area contributed by atoms with Crippen molar-refractivity contribution >= 4 is 11.6 Å². The minimum Gasteiger partial charge on any atom is -0.470 e. The van der Waals surface area contributed by atoms with Crippen LogP contribution in [0, 0.1) is 0 Å². The summed E-state index contributed by atoms with van der Waals surface area (Å²) in [4.78, 5) is 12.9. The lowest BCUT2D eigenvalue weighted by atomic mass is 10.4. The van der Waals surface area contributed by atoms with Crippen molar-refractivity contribution in [2.24, 2.45) is 0 Å². The zero-order chi connectivity index (χ0) is 7.68. The van der Waals surface area contributed by atoms with Crippen molar-refractivity contribution in [2.45, 2.75) is 12.8 Å². The maximum Gasteiger partial charge on any atom is 0.227 e. The third kappa shape index (κ3) is 1.02. The summed E-state index contributed by atoms with van der Waals surface area (Å²) < 4.78 is 4.88. The van der Waals surface area contributed by atoms with Gasteiger partial charge >= 0.3 is 0 Å². The Kier molecular flexibility index (Phi) is 1.42. The van der Waals surface area contributed by atoms with E-state index >= 15 is 0 Å². The summed E-state index contributed by atoms with van der Waals surface area (Å²) in [7, 11) is 0. The van der Waals surface area contributed by atoms with E-state index in [9.17, 15) is 4.79 Å². The molecule has 2 rings (SSSR count). The SMILES string of the molecule is O=C1CCCN1c1ccoc1. The van der Waals surface area contributed by atoms with Crippen molar-refractivity contribution in [3.8, 4) is 0 Å². The number of nitrogens with zero attached hydrogens (tertiary/aromatic N) is 1. The van der Waals surface area contributed by atoms with Crippen molar-refractivity contribution in [3.63, 3.8) is 0 Å². The van der Waals surface area contributed by atoms with E-state index < -0.39 is 0 Å². The molecule has 1 aromatic heterocycles.